The van der Waals surface area contributed by atoms with Gasteiger partial charge in [0.25, 0.3) is 0 Å². The molecule has 4 heteroatoms. The Bertz CT molecular complexity index is 573. The molecule has 0 bridgehead atoms. The fraction of sp³-hybridized carbons (Fsp3) is 0.389. The van der Waals surface area contributed by atoms with Gasteiger partial charge < -0.3 is 15.2 Å². The van der Waals surface area contributed by atoms with Gasteiger partial charge in [-0.3, -0.25) is 4.98 Å². The minimum atomic E-state index is 0.208. The summed E-state index contributed by atoms with van der Waals surface area (Å²) in [6.45, 7) is 5.78. The molecule has 0 radical (unpaired) electrons. The molecule has 1 aromatic heterocycles. The van der Waals surface area contributed by atoms with E-state index in [1.54, 1.807) is 0 Å². The number of pyridine rings is 1. The van der Waals surface area contributed by atoms with Crippen LogP contribution in [0.5, 0.6) is 11.5 Å². The monoisotopic (exact) mass is 300 g/mol. The molecule has 1 unspecified atom stereocenters. The number of hydrogen-bond donors (Lipinski definition) is 1. The summed E-state index contributed by atoms with van der Waals surface area (Å²) in [6.07, 6.45) is 4.49. The number of benzene rings is 1. The second-order valence-electron chi connectivity index (χ2n) is 5.06. The van der Waals surface area contributed by atoms with Crippen LogP contribution in [0.1, 0.15) is 30.9 Å². The average molecular weight is 300 g/mol. The number of rotatable bonds is 8. The Hall–Kier alpha value is -2.07. The van der Waals surface area contributed by atoms with Crippen molar-refractivity contribution in [3.63, 3.8) is 0 Å². The van der Waals surface area contributed by atoms with E-state index in [1.165, 1.54) is 5.56 Å². The topological polar surface area (TPSA) is 57.4 Å². The highest BCUT2D eigenvalue weighted by Crippen LogP contribution is 2.32. The Morgan fingerprint density at radius 1 is 1.05 bits per heavy atom. The molecule has 0 fully saturated rings. The Labute approximate surface area is 132 Å². The summed E-state index contributed by atoms with van der Waals surface area (Å²) in [5.74, 6) is 1.90. The van der Waals surface area contributed by atoms with Crippen molar-refractivity contribution in [1.82, 2.24) is 4.98 Å². The van der Waals surface area contributed by atoms with Crippen LogP contribution < -0.4 is 15.2 Å². The lowest BCUT2D eigenvalue weighted by Gasteiger charge is -2.20. The van der Waals surface area contributed by atoms with Gasteiger partial charge in [-0.15, -0.1) is 0 Å². The van der Waals surface area contributed by atoms with Crippen LogP contribution in [0, 0.1) is 0 Å². The molecule has 0 aliphatic rings. The summed E-state index contributed by atoms with van der Waals surface area (Å²) in [5, 5.41) is 0. The van der Waals surface area contributed by atoms with E-state index >= 15 is 0 Å². The van der Waals surface area contributed by atoms with Crippen LogP contribution in [0.25, 0.3) is 0 Å². The molecule has 118 valence electrons. The molecule has 2 rings (SSSR count). The maximum absolute atomic E-state index is 6.01. The molecular weight excluding hydrogens is 276 g/mol. The van der Waals surface area contributed by atoms with E-state index in [4.69, 9.17) is 15.2 Å². The van der Waals surface area contributed by atoms with E-state index in [0.29, 0.717) is 19.8 Å². The predicted molar refractivity (Wildman–Crippen MR) is 88.5 cm³/mol. The summed E-state index contributed by atoms with van der Waals surface area (Å²) in [4.78, 5) is 4.06. The SMILES string of the molecule is CCOc1ccc(C(CN)Cc2ccncc2)c(OCC)c1. The van der Waals surface area contributed by atoms with Gasteiger partial charge in [0.15, 0.2) is 0 Å². The standard InChI is InChI=1S/C18H24N2O2/c1-3-21-16-5-6-17(18(12-16)22-4-2)15(13-19)11-14-7-9-20-10-8-14/h5-10,12,15H,3-4,11,13,19H2,1-2H3. The van der Waals surface area contributed by atoms with E-state index in [-0.39, 0.29) is 5.92 Å². The molecule has 22 heavy (non-hydrogen) atoms. The van der Waals surface area contributed by atoms with Crippen LogP contribution >= 0.6 is 0 Å². The van der Waals surface area contributed by atoms with Gasteiger partial charge in [0.05, 0.1) is 13.2 Å². The lowest BCUT2D eigenvalue weighted by atomic mass is 9.91. The first-order valence-electron chi connectivity index (χ1n) is 7.77. The molecule has 0 saturated carbocycles. The molecule has 0 aliphatic heterocycles. The number of nitrogens with zero attached hydrogens (tertiary/aromatic N) is 1. The van der Waals surface area contributed by atoms with Crippen molar-refractivity contribution in [3.05, 3.63) is 53.9 Å². The number of nitrogens with two attached hydrogens (primary N) is 1. The Kier molecular flexibility index (Phi) is 6.22. The predicted octanol–water partition coefficient (Wildman–Crippen LogP) is 3.16. The average Bonchev–Trinajstić information content (AvgIpc) is 2.55. The van der Waals surface area contributed by atoms with Gasteiger partial charge in [-0.1, -0.05) is 6.07 Å². The van der Waals surface area contributed by atoms with E-state index in [0.717, 1.165) is 23.5 Å². The zero-order chi connectivity index (χ0) is 15.8. The second-order valence-corrected chi connectivity index (χ2v) is 5.06. The van der Waals surface area contributed by atoms with Crippen molar-refractivity contribution in [3.8, 4) is 11.5 Å². The van der Waals surface area contributed by atoms with Crippen molar-refractivity contribution >= 4 is 0 Å². The summed E-state index contributed by atoms with van der Waals surface area (Å²) in [5.41, 5.74) is 8.37. The zero-order valence-corrected chi connectivity index (χ0v) is 13.3. The molecule has 2 N–H and O–H groups in total. The van der Waals surface area contributed by atoms with Crippen LogP contribution in [0.4, 0.5) is 0 Å². The summed E-state index contributed by atoms with van der Waals surface area (Å²) in [7, 11) is 0. The second kappa shape index (κ2) is 8.39. The quantitative estimate of drug-likeness (QED) is 0.813. The van der Waals surface area contributed by atoms with Gasteiger partial charge in [0.1, 0.15) is 11.5 Å². The highest BCUT2D eigenvalue weighted by molar-refractivity contribution is 5.43. The third-order valence-corrected chi connectivity index (χ3v) is 3.55. The van der Waals surface area contributed by atoms with Crippen LogP contribution in [-0.2, 0) is 6.42 Å². The smallest absolute Gasteiger partial charge is 0.126 e. The van der Waals surface area contributed by atoms with Crippen molar-refractivity contribution in [2.75, 3.05) is 19.8 Å². The van der Waals surface area contributed by atoms with Crippen LogP contribution in [0.15, 0.2) is 42.7 Å². The van der Waals surface area contributed by atoms with Gasteiger partial charge in [0.2, 0.25) is 0 Å². The maximum atomic E-state index is 6.01. The number of ether oxygens (including phenoxy) is 2. The van der Waals surface area contributed by atoms with Crippen molar-refractivity contribution in [2.45, 2.75) is 26.2 Å². The van der Waals surface area contributed by atoms with E-state index < -0.39 is 0 Å². The fourth-order valence-corrected chi connectivity index (χ4v) is 2.51. The molecule has 1 atom stereocenters. The van der Waals surface area contributed by atoms with Gasteiger partial charge in [0, 0.05) is 24.4 Å². The Morgan fingerprint density at radius 3 is 2.41 bits per heavy atom. The molecule has 0 saturated heterocycles. The van der Waals surface area contributed by atoms with Crippen LogP contribution in [0.3, 0.4) is 0 Å². The normalized spacial score (nSPS) is 12.0. The molecule has 1 heterocycles. The summed E-state index contributed by atoms with van der Waals surface area (Å²) >= 11 is 0. The summed E-state index contributed by atoms with van der Waals surface area (Å²) < 4.78 is 11.4. The fourth-order valence-electron chi connectivity index (χ4n) is 2.51. The summed E-state index contributed by atoms with van der Waals surface area (Å²) in [6, 6.07) is 10.1. The van der Waals surface area contributed by atoms with Crippen molar-refractivity contribution in [1.29, 1.82) is 0 Å². The molecular formula is C18H24N2O2. The maximum Gasteiger partial charge on any atom is 0.126 e. The first-order chi connectivity index (χ1) is 10.8. The molecule has 4 nitrogen and oxygen atoms in total. The number of hydrogen-bond acceptors (Lipinski definition) is 4. The lowest BCUT2D eigenvalue weighted by Crippen LogP contribution is -2.16. The zero-order valence-electron chi connectivity index (χ0n) is 13.3. The third kappa shape index (κ3) is 4.21. The first-order valence-corrected chi connectivity index (χ1v) is 7.77. The van der Waals surface area contributed by atoms with Gasteiger partial charge in [-0.2, -0.15) is 0 Å². The highest BCUT2D eigenvalue weighted by atomic mass is 16.5. The lowest BCUT2D eigenvalue weighted by molar-refractivity contribution is 0.319. The minimum absolute atomic E-state index is 0.208. The van der Waals surface area contributed by atoms with Gasteiger partial charge >= 0.3 is 0 Å². The van der Waals surface area contributed by atoms with Crippen LogP contribution in [0.2, 0.25) is 0 Å². The number of aromatic nitrogens is 1. The Morgan fingerprint density at radius 2 is 1.77 bits per heavy atom. The third-order valence-electron chi connectivity index (χ3n) is 3.55. The van der Waals surface area contributed by atoms with E-state index in [9.17, 15) is 0 Å². The van der Waals surface area contributed by atoms with E-state index in [2.05, 4.69) is 11.1 Å². The molecule has 1 aromatic carbocycles. The van der Waals surface area contributed by atoms with E-state index in [1.807, 2.05) is 50.5 Å². The van der Waals surface area contributed by atoms with Crippen molar-refractivity contribution in [2.24, 2.45) is 5.73 Å². The molecule has 0 aliphatic carbocycles. The molecule has 2 aromatic rings. The van der Waals surface area contributed by atoms with Crippen LogP contribution in [-0.4, -0.2) is 24.7 Å². The molecule has 0 amide bonds. The highest BCUT2D eigenvalue weighted by Gasteiger charge is 2.16. The minimum Gasteiger partial charge on any atom is -0.494 e. The van der Waals surface area contributed by atoms with Crippen molar-refractivity contribution < 1.29 is 9.47 Å². The largest absolute Gasteiger partial charge is 0.494 e. The van der Waals surface area contributed by atoms with Gasteiger partial charge in [-0.25, -0.2) is 0 Å². The Balaban J connectivity index is 2.26. The van der Waals surface area contributed by atoms with Gasteiger partial charge in [-0.05, 0) is 56.1 Å². The molecule has 0 spiro atoms. The first kappa shape index (κ1) is 16.3.